The van der Waals surface area contributed by atoms with Crippen LogP contribution in [0.5, 0.6) is 5.75 Å². The van der Waals surface area contributed by atoms with Gasteiger partial charge in [-0.05, 0) is 116 Å². The van der Waals surface area contributed by atoms with E-state index in [2.05, 4.69) is 47.6 Å². The fourth-order valence-corrected chi connectivity index (χ4v) is 12.1. The fraction of sp³-hybridized carbons (Fsp3) is 0.692. The van der Waals surface area contributed by atoms with Crippen LogP contribution in [0.4, 0.5) is 0 Å². The lowest BCUT2D eigenvalue weighted by molar-refractivity contribution is -0.242. The Hall–Kier alpha value is -2.64. The molecular weight excluding hydrogens is 580 g/mol. The van der Waals surface area contributed by atoms with E-state index >= 15 is 0 Å². The predicted octanol–water partition coefficient (Wildman–Crippen LogP) is 7.15. The molecule has 1 aromatic rings. The molecule has 0 bridgehead atoms. The van der Waals surface area contributed by atoms with Gasteiger partial charge in [-0.15, -0.1) is 0 Å². The van der Waals surface area contributed by atoms with Crippen LogP contribution in [-0.4, -0.2) is 50.2 Å². The van der Waals surface area contributed by atoms with Gasteiger partial charge in [-0.25, -0.2) is 4.79 Å². The Morgan fingerprint density at radius 3 is 2.26 bits per heavy atom. The maximum Gasteiger partial charge on any atom is 0.331 e. The normalized spacial score (nSPS) is 46.2. The summed E-state index contributed by atoms with van der Waals surface area (Å²) in [5.41, 5.74) is -1.25. The highest BCUT2D eigenvalue weighted by atomic mass is 16.6. The zero-order chi connectivity index (χ0) is 33.7. The van der Waals surface area contributed by atoms with Gasteiger partial charge in [-0.3, -0.25) is 4.79 Å². The number of phenolic OH excluding ortho intramolecular Hbond substituents is 1. The first-order valence-electron chi connectivity index (χ1n) is 17.4. The Balaban J connectivity index is 1.31. The van der Waals surface area contributed by atoms with Crippen molar-refractivity contribution in [1.82, 2.24) is 0 Å². The molecule has 7 nitrogen and oxygen atoms in total. The van der Waals surface area contributed by atoms with Crippen LogP contribution < -0.4 is 0 Å². The number of carboxylic acids is 1. The third-order valence-corrected chi connectivity index (χ3v) is 14.9. The van der Waals surface area contributed by atoms with Crippen molar-refractivity contribution in [3.8, 4) is 5.75 Å². The molecule has 1 aromatic carbocycles. The van der Waals surface area contributed by atoms with Crippen LogP contribution in [-0.2, 0) is 14.3 Å². The third-order valence-electron chi connectivity index (χ3n) is 14.9. The van der Waals surface area contributed by atoms with Crippen LogP contribution in [0.1, 0.15) is 105 Å². The van der Waals surface area contributed by atoms with Gasteiger partial charge in [0.25, 0.3) is 0 Å². The fourth-order valence-electron chi connectivity index (χ4n) is 12.1. The molecule has 0 spiro atoms. The van der Waals surface area contributed by atoms with E-state index in [9.17, 15) is 30.0 Å². The number of aliphatic hydroxyl groups excluding tert-OH is 1. The number of carboxylic acid groups (broad SMARTS) is 1. The highest BCUT2D eigenvalue weighted by Crippen LogP contribution is 2.76. The maximum absolute atomic E-state index is 13.0. The van der Waals surface area contributed by atoms with Crippen molar-refractivity contribution in [2.75, 3.05) is 0 Å². The summed E-state index contributed by atoms with van der Waals surface area (Å²) in [6.07, 6.45) is 9.72. The molecule has 252 valence electrons. The smallest absolute Gasteiger partial charge is 0.331 e. The number of aliphatic hydroxyl groups is 2. The summed E-state index contributed by atoms with van der Waals surface area (Å²) in [7, 11) is 0. The molecule has 4 saturated carbocycles. The average Bonchev–Trinajstić information content (AvgIpc) is 2.97. The number of carbonyl (C=O) groups is 2. The van der Waals surface area contributed by atoms with Crippen LogP contribution in [0.3, 0.4) is 0 Å². The van der Waals surface area contributed by atoms with Gasteiger partial charge in [-0.2, -0.15) is 0 Å². The third kappa shape index (κ3) is 4.50. The minimum Gasteiger partial charge on any atom is -0.508 e. The number of benzene rings is 1. The number of aliphatic carboxylic acids is 1. The first-order valence-corrected chi connectivity index (χ1v) is 17.4. The molecule has 0 aromatic heterocycles. The molecule has 0 aliphatic heterocycles. The number of phenols is 1. The molecule has 46 heavy (non-hydrogen) atoms. The number of esters is 1. The number of aromatic hydroxyl groups is 1. The first-order chi connectivity index (χ1) is 21.3. The minimum atomic E-state index is -1.11. The van der Waals surface area contributed by atoms with Crippen molar-refractivity contribution in [2.24, 2.45) is 50.7 Å². The number of ether oxygens (including phenoxy) is 1. The average molecular weight is 635 g/mol. The Morgan fingerprint density at radius 2 is 1.61 bits per heavy atom. The van der Waals surface area contributed by atoms with E-state index in [4.69, 9.17) is 4.74 Å². The zero-order valence-electron chi connectivity index (χ0n) is 28.7. The molecule has 11 atom stereocenters. The van der Waals surface area contributed by atoms with Gasteiger partial charge >= 0.3 is 11.9 Å². The summed E-state index contributed by atoms with van der Waals surface area (Å²) >= 11 is 0. The Kier molecular flexibility index (Phi) is 7.73. The largest absolute Gasteiger partial charge is 0.508 e. The molecule has 4 fully saturated rings. The first kappa shape index (κ1) is 33.3. The van der Waals surface area contributed by atoms with Gasteiger partial charge in [0.05, 0.1) is 17.1 Å². The van der Waals surface area contributed by atoms with Crippen LogP contribution >= 0.6 is 0 Å². The van der Waals surface area contributed by atoms with Crippen LogP contribution in [0.15, 0.2) is 42.0 Å². The lowest BCUT2D eigenvalue weighted by atomic mass is 9.33. The summed E-state index contributed by atoms with van der Waals surface area (Å²) in [5.74, 6) is -1.07. The molecule has 0 radical (unpaired) electrons. The molecular formula is C39H54O7. The molecule has 5 aliphatic rings. The van der Waals surface area contributed by atoms with Crippen LogP contribution in [0.25, 0.3) is 6.08 Å². The standard InChI is InChI=1S/C39H54O7/c1-23-16-19-39(33(43)44)21-20-36(5)26(31(39)38(23,7)45)13-14-29-35(4)22-27(41)32(34(2,3)28(35)17-18-37(29,36)6)46-30(42)15-10-24-8-11-25(40)12-9-24/h8-13,15,23,27-29,31-32,40-41,45H,14,16-22H2,1-7H3,(H,43,44)/b15-10-/t23-,27-,28?,29?,31-,32+,35+,36-,37-,38-,39+/m0/s1. The summed E-state index contributed by atoms with van der Waals surface area (Å²) in [6.45, 7) is 15.3. The van der Waals surface area contributed by atoms with E-state index in [-0.39, 0.29) is 39.7 Å². The topological polar surface area (TPSA) is 124 Å². The van der Waals surface area contributed by atoms with Crippen molar-refractivity contribution < 1.29 is 34.8 Å². The highest BCUT2D eigenvalue weighted by molar-refractivity contribution is 5.87. The van der Waals surface area contributed by atoms with Gasteiger partial charge in [0.2, 0.25) is 0 Å². The van der Waals surface area contributed by atoms with Crippen LogP contribution in [0.2, 0.25) is 0 Å². The highest BCUT2D eigenvalue weighted by Gasteiger charge is 2.72. The van der Waals surface area contributed by atoms with Gasteiger partial charge in [0.15, 0.2) is 0 Å². The van der Waals surface area contributed by atoms with Gasteiger partial charge in [0.1, 0.15) is 11.9 Å². The van der Waals surface area contributed by atoms with Crippen molar-refractivity contribution in [2.45, 2.75) is 118 Å². The quantitative estimate of drug-likeness (QED) is 0.158. The van der Waals surface area contributed by atoms with Crippen LogP contribution in [0, 0.1) is 50.7 Å². The SMILES string of the molecule is C[C@H]1CC[C@@]2(C(=O)O)CC[C@@]3(C)C(=CCC4[C@]5(C)C[C@H](O)[C@@H](OC(=O)/C=C\c6ccc(O)cc6)C(C)(C)C5CC[C@@]43C)[C@H]2[C@@]1(C)O. The molecule has 5 aliphatic carbocycles. The van der Waals surface area contributed by atoms with E-state index < -0.39 is 46.5 Å². The summed E-state index contributed by atoms with van der Waals surface area (Å²) in [5, 5.41) is 44.0. The summed E-state index contributed by atoms with van der Waals surface area (Å²) in [4.78, 5) is 26.0. The summed E-state index contributed by atoms with van der Waals surface area (Å²) in [6, 6.07) is 6.57. The molecule has 7 heteroatoms. The molecule has 0 saturated heterocycles. The number of rotatable bonds is 4. The Bertz CT molecular complexity index is 1460. The Morgan fingerprint density at radius 1 is 0.935 bits per heavy atom. The Labute approximate surface area is 274 Å². The molecule has 0 amide bonds. The van der Waals surface area contributed by atoms with Gasteiger partial charge in [0, 0.05) is 17.4 Å². The van der Waals surface area contributed by atoms with Crippen molar-refractivity contribution >= 4 is 18.0 Å². The number of allylic oxidation sites excluding steroid dienone is 1. The van der Waals surface area contributed by atoms with E-state index in [0.717, 1.165) is 36.8 Å². The van der Waals surface area contributed by atoms with E-state index in [1.807, 2.05) is 6.92 Å². The number of fused-ring (bicyclic) bond motifs is 7. The zero-order valence-corrected chi connectivity index (χ0v) is 28.7. The lowest BCUT2D eigenvalue weighted by Gasteiger charge is -2.72. The second-order valence-corrected chi connectivity index (χ2v) is 17.2. The second-order valence-electron chi connectivity index (χ2n) is 17.2. The summed E-state index contributed by atoms with van der Waals surface area (Å²) < 4.78 is 6.03. The van der Waals surface area contributed by atoms with E-state index in [1.54, 1.807) is 30.3 Å². The van der Waals surface area contributed by atoms with Crippen molar-refractivity contribution in [1.29, 1.82) is 0 Å². The van der Waals surface area contributed by atoms with E-state index in [1.165, 1.54) is 6.08 Å². The molecule has 6 rings (SSSR count). The van der Waals surface area contributed by atoms with Crippen molar-refractivity contribution in [3.05, 3.63) is 47.6 Å². The van der Waals surface area contributed by atoms with Gasteiger partial charge in [-0.1, -0.05) is 65.3 Å². The number of carbonyl (C=O) groups excluding carboxylic acids is 1. The van der Waals surface area contributed by atoms with Gasteiger partial charge < -0.3 is 25.2 Å². The van der Waals surface area contributed by atoms with Crippen molar-refractivity contribution in [3.63, 3.8) is 0 Å². The lowest BCUT2D eigenvalue weighted by Crippen LogP contribution is -2.69. The monoisotopic (exact) mass is 634 g/mol. The maximum atomic E-state index is 13.0. The van der Waals surface area contributed by atoms with E-state index in [0.29, 0.717) is 25.7 Å². The molecule has 2 unspecified atom stereocenters. The number of hydrogen-bond acceptors (Lipinski definition) is 6. The second kappa shape index (κ2) is 10.7. The molecule has 4 N–H and O–H groups in total. The molecule has 0 heterocycles. The number of hydrogen-bond donors (Lipinski definition) is 4. The minimum absolute atomic E-state index is 0.0110. The predicted molar refractivity (Wildman–Crippen MR) is 176 cm³/mol.